The first-order chi connectivity index (χ1) is 18.2. The predicted octanol–water partition coefficient (Wildman–Crippen LogP) is 7.04. The molecule has 0 N–H and O–H groups in total. The van der Waals surface area contributed by atoms with Gasteiger partial charge < -0.3 is 9.47 Å². The van der Waals surface area contributed by atoms with E-state index in [0.717, 1.165) is 6.54 Å². The molecule has 6 rings (SSSR count). The van der Waals surface area contributed by atoms with E-state index in [1.54, 1.807) is 0 Å². The molecule has 5 aromatic rings. The van der Waals surface area contributed by atoms with Crippen molar-refractivity contribution >= 4 is 23.3 Å². The van der Waals surface area contributed by atoms with Crippen molar-refractivity contribution in [3.8, 4) is 0 Å². The standard InChI is InChI=1S/C34H32BNO/c1-26(2)33-34(29-18-6-3-7-19-29,30-20-8-4-9-21-30)37-35(31-22-10-5-11-23-31)36(33)25-28-17-14-16-27-15-12-13-24-32(27)28/h3-24,26,33H,25H2,1-2H3/t33-/m0/s1. The number of fused-ring (bicyclic) bond motifs is 1. The Kier molecular flexibility index (Phi) is 6.42. The lowest BCUT2D eigenvalue weighted by atomic mass is 9.70. The molecule has 2 nitrogen and oxygen atoms in total. The molecule has 1 atom stereocenters. The van der Waals surface area contributed by atoms with Crippen LogP contribution in [0.2, 0.25) is 0 Å². The van der Waals surface area contributed by atoms with Gasteiger partial charge in [-0.2, -0.15) is 0 Å². The van der Waals surface area contributed by atoms with Gasteiger partial charge in [-0.1, -0.05) is 147 Å². The van der Waals surface area contributed by atoms with E-state index in [1.807, 2.05) is 0 Å². The summed E-state index contributed by atoms with van der Waals surface area (Å²) in [5, 5.41) is 2.58. The molecular formula is C34H32BNO. The molecule has 0 unspecified atom stereocenters. The molecule has 1 heterocycles. The van der Waals surface area contributed by atoms with Crippen LogP contribution >= 0.6 is 0 Å². The molecule has 1 aliphatic heterocycles. The molecule has 0 saturated carbocycles. The molecule has 37 heavy (non-hydrogen) atoms. The van der Waals surface area contributed by atoms with Crippen molar-refractivity contribution in [3.05, 3.63) is 150 Å². The number of benzene rings is 5. The Balaban J connectivity index is 1.58. The molecule has 1 aliphatic rings. The van der Waals surface area contributed by atoms with Crippen molar-refractivity contribution in [2.45, 2.75) is 32.0 Å². The van der Waals surface area contributed by atoms with Gasteiger partial charge in [-0.05, 0) is 38.8 Å². The zero-order valence-corrected chi connectivity index (χ0v) is 21.5. The van der Waals surface area contributed by atoms with Crippen LogP contribution in [0.15, 0.2) is 133 Å². The van der Waals surface area contributed by atoms with E-state index in [-0.39, 0.29) is 13.1 Å². The van der Waals surface area contributed by atoms with Crippen LogP contribution in [0.4, 0.5) is 0 Å². The van der Waals surface area contributed by atoms with E-state index in [0.29, 0.717) is 5.92 Å². The second-order valence-electron chi connectivity index (χ2n) is 10.3. The first kappa shape index (κ1) is 23.7. The van der Waals surface area contributed by atoms with Gasteiger partial charge in [0.15, 0.2) is 0 Å². The zero-order valence-electron chi connectivity index (χ0n) is 21.5. The highest BCUT2D eigenvalue weighted by Crippen LogP contribution is 2.48. The van der Waals surface area contributed by atoms with E-state index in [1.165, 1.54) is 32.9 Å². The Bertz CT molecular complexity index is 1420. The summed E-state index contributed by atoms with van der Waals surface area (Å²) in [5.41, 5.74) is 4.29. The highest BCUT2D eigenvalue weighted by Gasteiger charge is 2.58. The van der Waals surface area contributed by atoms with Crippen LogP contribution in [0.5, 0.6) is 0 Å². The van der Waals surface area contributed by atoms with Crippen LogP contribution in [-0.4, -0.2) is 17.9 Å². The van der Waals surface area contributed by atoms with Crippen LogP contribution in [0.1, 0.15) is 30.5 Å². The SMILES string of the molecule is CC(C)[C@@H]1N(Cc2cccc3ccccc23)B(c2ccccc2)OC1(c1ccccc1)c1ccccc1. The molecule has 3 heteroatoms. The maximum absolute atomic E-state index is 7.40. The second kappa shape index (κ2) is 10.0. The van der Waals surface area contributed by atoms with Crippen LogP contribution < -0.4 is 5.46 Å². The minimum atomic E-state index is -0.609. The van der Waals surface area contributed by atoms with Gasteiger partial charge in [0.05, 0.1) is 0 Å². The largest absolute Gasteiger partial charge is 0.420 e. The number of nitrogens with zero attached hydrogens (tertiary/aromatic N) is 1. The predicted molar refractivity (Wildman–Crippen MR) is 155 cm³/mol. The van der Waals surface area contributed by atoms with Crippen LogP contribution in [0.25, 0.3) is 10.8 Å². The summed E-state index contributed by atoms with van der Waals surface area (Å²) >= 11 is 0. The number of rotatable bonds is 6. The van der Waals surface area contributed by atoms with Gasteiger partial charge in [-0.3, -0.25) is 0 Å². The summed E-state index contributed by atoms with van der Waals surface area (Å²) in [7, 11) is -0.187. The van der Waals surface area contributed by atoms with E-state index in [2.05, 4.69) is 152 Å². The van der Waals surface area contributed by atoms with Crippen molar-refractivity contribution in [1.29, 1.82) is 0 Å². The van der Waals surface area contributed by atoms with Crippen LogP contribution in [-0.2, 0) is 16.8 Å². The summed E-state index contributed by atoms with van der Waals surface area (Å²) < 4.78 is 7.40. The fraction of sp³-hybridized carbons (Fsp3) is 0.176. The van der Waals surface area contributed by atoms with Gasteiger partial charge in [0, 0.05) is 12.6 Å². The Morgan fingerprint density at radius 1 is 0.676 bits per heavy atom. The fourth-order valence-corrected chi connectivity index (χ4v) is 6.25. The summed E-state index contributed by atoms with van der Waals surface area (Å²) in [5.74, 6) is 0.337. The van der Waals surface area contributed by atoms with Crippen molar-refractivity contribution in [2.75, 3.05) is 0 Å². The van der Waals surface area contributed by atoms with Crippen molar-refractivity contribution < 1.29 is 4.65 Å². The molecule has 5 aromatic carbocycles. The number of hydrogen-bond donors (Lipinski definition) is 0. The normalized spacial score (nSPS) is 17.5. The van der Waals surface area contributed by atoms with E-state index < -0.39 is 5.60 Å². The molecule has 1 fully saturated rings. The second-order valence-corrected chi connectivity index (χ2v) is 10.3. The maximum Gasteiger partial charge on any atom is 0.420 e. The summed E-state index contributed by atoms with van der Waals surface area (Å²) in [6, 6.07) is 47.8. The molecule has 0 amide bonds. The third kappa shape index (κ3) is 4.19. The Labute approximate surface area is 220 Å². The van der Waals surface area contributed by atoms with Crippen molar-refractivity contribution in [3.63, 3.8) is 0 Å². The Morgan fingerprint density at radius 2 is 1.22 bits per heavy atom. The number of hydrogen-bond acceptors (Lipinski definition) is 2. The van der Waals surface area contributed by atoms with Gasteiger partial charge in [0.2, 0.25) is 0 Å². The van der Waals surface area contributed by atoms with E-state index in [4.69, 9.17) is 4.65 Å². The lowest BCUT2D eigenvalue weighted by molar-refractivity contribution is 0.0727. The highest BCUT2D eigenvalue weighted by molar-refractivity contribution is 6.65. The summed E-state index contributed by atoms with van der Waals surface area (Å²) in [6.45, 7) is 5.46. The highest BCUT2D eigenvalue weighted by atomic mass is 16.5. The lowest BCUT2D eigenvalue weighted by Crippen LogP contribution is -2.50. The molecule has 0 aromatic heterocycles. The van der Waals surface area contributed by atoms with Crippen LogP contribution in [0, 0.1) is 5.92 Å². The van der Waals surface area contributed by atoms with Gasteiger partial charge in [0.1, 0.15) is 5.60 Å². The van der Waals surface area contributed by atoms with Crippen molar-refractivity contribution in [2.24, 2.45) is 5.92 Å². The van der Waals surface area contributed by atoms with Gasteiger partial charge in [-0.15, -0.1) is 0 Å². The topological polar surface area (TPSA) is 12.5 Å². The minimum Gasteiger partial charge on any atom is -0.402 e. The first-order valence-corrected chi connectivity index (χ1v) is 13.2. The molecule has 182 valence electrons. The molecule has 0 bridgehead atoms. The third-order valence-electron chi connectivity index (χ3n) is 7.73. The van der Waals surface area contributed by atoms with Crippen LogP contribution in [0.3, 0.4) is 0 Å². The maximum atomic E-state index is 7.40. The molecule has 0 spiro atoms. The smallest absolute Gasteiger partial charge is 0.402 e. The monoisotopic (exact) mass is 481 g/mol. The average Bonchev–Trinajstić information content (AvgIpc) is 3.31. The minimum absolute atomic E-state index is 0.112. The lowest BCUT2D eigenvalue weighted by Gasteiger charge is -2.41. The molecular weight excluding hydrogens is 449 g/mol. The molecule has 0 aliphatic carbocycles. The van der Waals surface area contributed by atoms with Gasteiger partial charge in [-0.25, -0.2) is 0 Å². The Morgan fingerprint density at radius 3 is 1.84 bits per heavy atom. The third-order valence-corrected chi connectivity index (χ3v) is 7.73. The summed E-state index contributed by atoms with van der Waals surface area (Å²) in [6.07, 6.45) is 0. The quantitative estimate of drug-likeness (QED) is 0.241. The first-order valence-electron chi connectivity index (χ1n) is 13.2. The Hall–Kier alpha value is -3.66. The van der Waals surface area contributed by atoms with E-state index in [9.17, 15) is 0 Å². The van der Waals surface area contributed by atoms with Gasteiger partial charge >= 0.3 is 7.05 Å². The van der Waals surface area contributed by atoms with E-state index >= 15 is 0 Å². The molecule has 0 radical (unpaired) electrons. The molecule has 1 saturated heterocycles. The van der Waals surface area contributed by atoms with Gasteiger partial charge in [0.25, 0.3) is 0 Å². The summed E-state index contributed by atoms with van der Waals surface area (Å²) in [4.78, 5) is 2.60. The zero-order chi connectivity index (χ0) is 25.2. The fourth-order valence-electron chi connectivity index (χ4n) is 6.25. The average molecular weight is 481 g/mol. The van der Waals surface area contributed by atoms with Crippen molar-refractivity contribution in [1.82, 2.24) is 4.81 Å².